The first-order valence-electron chi connectivity index (χ1n) is 5.34. The van der Waals surface area contributed by atoms with Crippen LogP contribution in [0, 0.1) is 0 Å². The zero-order chi connectivity index (χ0) is 12.4. The Labute approximate surface area is 108 Å². The van der Waals surface area contributed by atoms with E-state index in [2.05, 4.69) is 15.1 Å². The van der Waals surface area contributed by atoms with Gasteiger partial charge >= 0.3 is 0 Å². The highest BCUT2D eigenvalue weighted by atomic mass is 35.5. The maximum absolute atomic E-state index is 5.92. The molecule has 0 saturated heterocycles. The van der Waals surface area contributed by atoms with Gasteiger partial charge in [-0.2, -0.15) is 4.98 Å². The van der Waals surface area contributed by atoms with E-state index in [4.69, 9.17) is 16.1 Å². The molecule has 5 heteroatoms. The van der Waals surface area contributed by atoms with Crippen molar-refractivity contribution in [3.05, 3.63) is 53.7 Å². The third kappa shape index (κ3) is 2.10. The molecule has 0 saturated carbocycles. The van der Waals surface area contributed by atoms with Crippen LogP contribution in [0.5, 0.6) is 0 Å². The predicted molar refractivity (Wildman–Crippen MR) is 68.0 cm³/mol. The Kier molecular flexibility index (Phi) is 2.78. The van der Waals surface area contributed by atoms with Crippen LogP contribution < -0.4 is 0 Å². The van der Waals surface area contributed by atoms with E-state index in [0.717, 1.165) is 5.56 Å². The van der Waals surface area contributed by atoms with Gasteiger partial charge in [-0.1, -0.05) is 35.0 Å². The van der Waals surface area contributed by atoms with Crippen LogP contribution in [-0.4, -0.2) is 15.1 Å². The molecule has 0 aliphatic carbocycles. The van der Waals surface area contributed by atoms with Gasteiger partial charge in [0.15, 0.2) is 0 Å². The lowest BCUT2D eigenvalue weighted by molar-refractivity contribution is 0.431. The van der Waals surface area contributed by atoms with Gasteiger partial charge in [0.25, 0.3) is 5.89 Å². The minimum Gasteiger partial charge on any atom is -0.332 e. The molecule has 0 unspecified atom stereocenters. The topological polar surface area (TPSA) is 51.8 Å². The van der Waals surface area contributed by atoms with Crippen molar-refractivity contribution in [3.8, 4) is 23.0 Å². The lowest BCUT2D eigenvalue weighted by Crippen LogP contribution is -1.83. The summed E-state index contributed by atoms with van der Waals surface area (Å²) in [4.78, 5) is 8.44. The Bertz CT molecular complexity index is 667. The number of benzene rings is 1. The monoisotopic (exact) mass is 257 g/mol. The molecule has 0 fully saturated rings. The quantitative estimate of drug-likeness (QED) is 0.706. The molecule has 0 amide bonds. The van der Waals surface area contributed by atoms with Crippen LogP contribution in [0.3, 0.4) is 0 Å². The van der Waals surface area contributed by atoms with E-state index in [1.54, 1.807) is 18.3 Å². The maximum Gasteiger partial charge on any atom is 0.276 e. The van der Waals surface area contributed by atoms with Crippen molar-refractivity contribution in [2.75, 3.05) is 0 Å². The van der Waals surface area contributed by atoms with E-state index in [9.17, 15) is 0 Å². The summed E-state index contributed by atoms with van der Waals surface area (Å²) in [7, 11) is 0. The number of hydrogen-bond acceptors (Lipinski definition) is 4. The minimum absolute atomic E-state index is 0.394. The summed E-state index contributed by atoms with van der Waals surface area (Å²) in [6, 6.07) is 12.8. The first kappa shape index (κ1) is 10.9. The van der Waals surface area contributed by atoms with E-state index >= 15 is 0 Å². The molecule has 0 aliphatic rings. The third-order valence-electron chi connectivity index (χ3n) is 2.39. The number of rotatable bonds is 2. The van der Waals surface area contributed by atoms with Gasteiger partial charge in [0.1, 0.15) is 5.69 Å². The van der Waals surface area contributed by atoms with Crippen LogP contribution in [-0.2, 0) is 0 Å². The average molecular weight is 258 g/mol. The molecule has 88 valence electrons. The van der Waals surface area contributed by atoms with Crippen molar-refractivity contribution >= 4 is 11.6 Å². The average Bonchev–Trinajstić information content (AvgIpc) is 2.89. The number of pyridine rings is 1. The van der Waals surface area contributed by atoms with Crippen LogP contribution >= 0.6 is 11.6 Å². The SMILES string of the molecule is Clc1cccc(-c2noc(-c3ccccn3)n2)c1. The summed E-state index contributed by atoms with van der Waals surface area (Å²) in [6.07, 6.45) is 1.68. The van der Waals surface area contributed by atoms with Gasteiger partial charge in [0.2, 0.25) is 5.82 Å². The molecule has 0 atom stereocenters. The van der Waals surface area contributed by atoms with Gasteiger partial charge in [0, 0.05) is 16.8 Å². The maximum atomic E-state index is 5.92. The number of nitrogens with zero attached hydrogens (tertiary/aromatic N) is 3. The normalized spacial score (nSPS) is 10.5. The van der Waals surface area contributed by atoms with Crippen LogP contribution in [0.15, 0.2) is 53.2 Å². The van der Waals surface area contributed by atoms with E-state index in [0.29, 0.717) is 22.4 Å². The number of hydrogen-bond donors (Lipinski definition) is 0. The van der Waals surface area contributed by atoms with Gasteiger partial charge in [-0.15, -0.1) is 0 Å². The number of halogens is 1. The van der Waals surface area contributed by atoms with Gasteiger partial charge < -0.3 is 4.52 Å². The molecule has 2 heterocycles. The lowest BCUT2D eigenvalue weighted by Gasteiger charge is -1.93. The van der Waals surface area contributed by atoms with Crippen molar-refractivity contribution in [2.45, 2.75) is 0 Å². The van der Waals surface area contributed by atoms with Gasteiger partial charge in [-0.25, -0.2) is 0 Å². The molecule has 3 rings (SSSR count). The van der Waals surface area contributed by atoms with Gasteiger partial charge in [0.05, 0.1) is 0 Å². The fourth-order valence-electron chi connectivity index (χ4n) is 1.56. The van der Waals surface area contributed by atoms with E-state index < -0.39 is 0 Å². The summed E-state index contributed by atoms with van der Waals surface area (Å²) < 4.78 is 5.18. The largest absolute Gasteiger partial charge is 0.332 e. The zero-order valence-electron chi connectivity index (χ0n) is 9.25. The Morgan fingerprint density at radius 3 is 2.78 bits per heavy atom. The molecular weight excluding hydrogens is 250 g/mol. The summed E-state index contributed by atoms with van der Waals surface area (Å²) in [5, 5.41) is 4.55. The van der Waals surface area contributed by atoms with E-state index in [1.165, 1.54) is 0 Å². The smallest absolute Gasteiger partial charge is 0.276 e. The molecule has 2 aromatic heterocycles. The van der Waals surface area contributed by atoms with Crippen LogP contribution in [0.2, 0.25) is 5.02 Å². The Balaban J connectivity index is 2.00. The van der Waals surface area contributed by atoms with Crippen molar-refractivity contribution in [2.24, 2.45) is 0 Å². The molecular formula is C13H8ClN3O. The highest BCUT2D eigenvalue weighted by Crippen LogP contribution is 2.22. The van der Waals surface area contributed by atoms with E-state index in [-0.39, 0.29) is 0 Å². The molecule has 0 spiro atoms. The Morgan fingerprint density at radius 1 is 1.06 bits per heavy atom. The first-order chi connectivity index (χ1) is 8.83. The van der Waals surface area contributed by atoms with Crippen molar-refractivity contribution in [1.29, 1.82) is 0 Å². The molecule has 0 radical (unpaired) electrons. The molecule has 18 heavy (non-hydrogen) atoms. The third-order valence-corrected chi connectivity index (χ3v) is 2.63. The Morgan fingerprint density at radius 2 is 2.00 bits per heavy atom. The summed E-state index contributed by atoms with van der Waals surface area (Å²) in [5.41, 5.74) is 1.46. The first-order valence-corrected chi connectivity index (χ1v) is 5.72. The van der Waals surface area contributed by atoms with Gasteiger partial charge in [-0.05, 0) is 24.3 Å². The predicted octanol–water partition coefficient (Wildman–Crippen LogP) is 3.45. The molecule has 0 N–H and O–H groups in total. The molecule has 3 aromatic rings. The second-order valence-corrected chi connectivity index (χ2v) is 4.08. The van der Waals surface area contributed by atoms with Gasteiger partial charge in [-0.3, -0.25) is 4.98 Å². The standard InChI is InChI=1S/C13H8ClN3O/c14-10-5-3-4-9(8-10)12-16-13(18-17-12)11-6-1-2-7-15-11/h1-8H. The number of aromatic nitrogens is 3. The van der Waals surface area contributed by atoms with E-state index in [1.807, 2.05) is 30.3 Å². The summed E-state index contributed by atoms with van der Waals surface area (Å²) >= 11 is 5.92. The molecule has 1 aromatic carbocycles. The highest BCUT2D eigenvalue weighted by Gasteiger charge is 2.11. The second kappa shape index (κ2) is 4.58. The Hall–Kier alpha value is -2.20. The van der Waals surface area contributed by atoms with Crippen LogP contribution in [0.1, 0.15) is 0 Å². The zero-order valence-corrected chi connectivity index (χ0v) is 10.0. The molecule has 4 nitrogen and oxygen atoms in total. The minimum atomic E-state index is 0.394. The summed E-state index contributed by atoms with van der Waals surface area (Å²) in [5.74, 6) is 0.892. The highest BCUT2D eigenvalue weighted by molar-refractivity contribution is 6.30. The fraction of sp³-hybridized carbons (Fsp3) is 0. The lowest BCUT2D eigenvalue weighted by atomic mass is 10.2. The molecule has 0 bridgehead atoms. The van der Waals surface area contributed by atoms with Crippen molar-refractivity contribution in [3.63, 3.8) is 0 Å². The van der Waals surface area contributed by atoms with Crippen LogP contribution in [0.4, 0.5) is 0 Å². The summed E-state index contributed by atoms with van der Waals surface area (Å²) in [6.45, 7) is 0. The van der Waals surface area contributed by atoms with Crippen molar-refractivity contribution in [1.82, 2.24) is 15.1 Å². The second-order valence-electron chi connectivity index (χ2n) is 3.65. The van der Waals surface area contributed by atoms with Crippen molar-refractivity contribution < 1.29 is 4.52 Å². The fourth-order valence-corrected chi connectivity index (χ4v) is 1.75. The molecule has 0 aliphatic heterocycles. The van der Waals surface area contributed by atoms with Crippen LogP contribution in [0.25, 0.3) is 23.0 Å².